The van der Waals surface area contributed by atoms with Crippen LogP contribution in [0.4, 0.5) is 11.4 Å². The minimum Gasteiger partial charge on any atom is -0.492 e. The molecule has 0 spiro atoms. The smallest absolute Gasteiger partial charge is 0.239 e. The second-order valence-electron chi connectivity index (χ2n) is 8.61. The quantitative estimate of drug-likeness (QED) is 0.665. The fourth-order valence-electron chi connectivity index (χ4n) is 3.25. The fraction of sp³-hybridized carbons (Fsp3) is 0.417. The number of nitrogens with one attached hydrogen (secondary N) is 2. The number of nitrogens with zero attached hydrogens (tertiary/aromatic N) is 1. The molecule has 166 valence electrons. The summed E-state index contributed by atoms with van der Waals surface area (Å²) in [5.41, 5.74) is 2.12. The van der Waals surface area contributed by atoms with Gasteiger partial charge in [0.25, 0.3) is 0 Å². The van der Waals surface area contributed by atoms with Crippen LogP contribution in [0, 0.1) is 12.3 Å². The van der Waals surface area contributed by atoms with Gasteiger partial charge in [-0.2, -0.15) is 0 Å². The first-order valence-corrected chi connectivity index (χ1v) is 10.5. The van der Waals surface area contributed by atoms with Crippen molar-refractivity contribution in [2.24, 2.45) is 5.41 Å². The molecule has 1 heterocycles. The highest BCUT2D eigenvalue weighted by Crippen LogP contribution is 2.36. The van der Waals surface area contributed by atoms with Crippen LogP contribution in [0.1, 0.15) is 26.3 Å². The predicted molar refractivity (Wildman–Crippen MR) is 122 cm³/mol. The van der Waals surface area contributed by atoms with Crippen LogP contribution in [0.15, 0.2) is 42.5 Å². The first kappa shape index (κ1) is 22.5. The number of anilines is 2. The number of rotatable bonds is 7. The monoisotopic (exact) mass is 425 g/mol. The number of hydrogen-bond donors (Lipinski definition) is 2. The normalized spacial score (nSPS) is 13.1. The molecule has 31 heavy (non-hydrogen) atoms. The van der Waals surface area contributed by atoms with E-state index < -0.39 is 5.41 Å². The largest absolute Gasteiger partial charge is 0.492 e. The highest BCUT2D eigenvalue weighted by Gasteiger charge is 2.31. The van der Waals surface area contributed by atoms with Crippen LogP contribution in [-0.4, -0.2) is 44.7 Å². The molecule has 2 amide bonds. The van der Waals surface area contributed by atoms with Gasteiger partial charge in [0.15, 0.2) is 0 Å². The lowest BCUT2D eigenvalue weighted by molar-refractivity contribution is -0.126. The van der Waals surface area contributed by atoms with Crippen LogP contribution in [0.3, 0.4) is 0 Å². The summed E-state index contributed by atoms with van der Waals surface area (Å²) in [4.78, 5) is 26.7. The van der Waals surface area contributed by atoms with Gasteiger partial charge < -0.3 is 25.0 Å². The molecule has 7 nitrogen and oxygen atoms in total. The van der Waals surface area contributed by atoms with Crippen molar-refractivity contribution < 1.29 is 19.1 Å². The van der Waals surface area contributed by atoms with E-state index in [-0.39, 0.29) is 18.4 Å². The molecule has 1 aliphatic rings. The molecule has 0 saturated carbocycles. The molecule has 0 bridgehead atoms. The van der Waals surface area contributed by atoms with Gasteiger partial charge in [-0.15, -0.1) is 0 Å². The number of fused-ring (bicyclic) bond motifs is 1. The number of carbonyl (C=O) groups is 2. The van der Waals surface area contributed by atoms with E-state index >= 15 is 0 Å². The molecular weight excluding hydrogens is 394 g/mol. The second kappa shape index (κ2) is 9.73. The summed E-state index contributed by atoms with van der Waals surface area (Å²) >= 11 is 0. The molecule has 2 aromatic carbocycles. The lowest BCUT2D eigenvalue weighted by atomic mass is 9.94. The van der Waals surface area contributed by atoms with Crippen molar-refractivity contribution in [3.63, 3.8) is 0 Å². The Morgan fingerprint density at radius 1 is 1.16 bits per heavy atom. The van der Waals surface area contributed by atoms with Crippen molar-refractivity contribution >= 4 is 23.2 Å². The predicted octanol–water partition coefficient (Wildman–Crippen LogP) is 3.37. The Labute approximate surface area is 183 Å². The minimum absolute atomic E-state index is 0.0422. The van der Waals surface area contributed by atoms with E-state index in [0.717, 1.165) is 22.7 Å². The Kier molecular flexibility index (Phi) is 7.05. The van der Waals surface area contributed by atoms with Crippen LogP contribution < -0.4 is 25.0 Å². The number of benzene rings is 2. The van der Waals surface area contributed by atoms with E-state index in [1.807, 2.05) is 70.2 Å². The lowest BCUT2D eigenvalue weighted by Gasteiger charge is -2.34. The molecule has 0 radical (unpaired) electrons. The average molecular weight is 426 g/mol. The lowest BCUT2D eigenvalue weighted by Crippen LogP contribution is -2.44. The summed E-state index contributed by atoms with van der Waals surface area (Å²) < 4.78 is 11.3. The van der Waals surface area contributed by atoms with Gasteiger partial charge in [-0.05, 0) is 42.8 Å². The molecule has 0 fully saturated rings. The minimum atomic E-state index is -0.488. The van der Waals surface area contributed by atoms with Crippen LogP contribution in [-0.2, 0) is 9.59 Å². The Morgan fingerprint density at radius 3 is 2.71 bits per heavy atom. The zero-order valence-corrected chi connectivity index (χ0v) is 18.7. The Hall–Kier alpha value is -3.22. The molecule has 2 N–H and O–H groups in total. The van der Waals surface area contributed by atoms with Gasteiger partial charge >= 0.3 is 0 Å². The number of ether oxygens (including phenoxy) is 2. The zero-order chi connectivity index (χ0) is 22.4. The van der Waals surface area contributed by atoms with E-state index in [9.17, 15) is 9.59 Å². The Bertz CT molecular complexity index is 937. The summed E-state index contributed by atoms with van der Waals surface area (Å²) in [6, 6.07) is 13.3. The van der Waals surface area contributed by atoms with Crippen LogP contribution in [0.25, 0.3) is 0 Å². The molecule has 0 saturated heterocycles. The summed E-state index contributed by atoms with van der Waals surface area (Å²) in [6.45, 7) is 9.62. The van der Waals surface area contributed by atoms with Gasteiger partial charge in [0.05, 0.1) is 25.3 Å². The first-order valence-electron chi connectivity index (χ1n) is 10.5. The maximum atomic E-state index is 12.8. The van der Waals surface area contributed by atoms with E-state index in [4.69, 9.17) is 9.47 Å². The van der Waals surface area contributed by atoms with Gasteiger partial charge in [0, 0.05) is 11.1 Å². The molecule has 0 aliphatic carbocycles. The maximum absolute atomic E-state index is 12.8. The zero-order valence-electron chi connectivity index (χ0n) is 18.7. The van der Waals surface area contributed by atoms with Crippen molar-refractivity contribution in [1.82, 2.24) is 5.32 Å². The van der Waals surface area contributed by atoms with Crippen molar-refractivity contribution in [3.05, 3.63) is 48.0 Å². The highest BCUT2D eigenvalue weighted by molar-refractivity contribution is 5.99. The van der Waals surface area contributed by atoms with Crippen LogP contribution in [0.5, 0.6) is 11.5 Å². The number of aryl methyl sites for hydroxylation is 1. The fourth-order valence-corrected chi connectivity index (χ4v) is 3.25. The molecule has 1 aliphatic heterocycles. The van der Waals surface area contributed by atoms with E-state index in [2.05, 4.69) is 10.6 Å². The summed E-state index contributed by atoms with van der Waals surface area (Å²) in [5.74, 6) is 1.37. The van der Waals surface area contributed by atoms with E-state index in [0.29, 0.717) is 32.1 Å². The molecule has 7 heteroatoms. The Balaban J connectivity index is 1.50. The summed E-state index contributed by atoms with van der Waals surface area (Å²) in [7, 11) is 0. The van der Waals surface area contributed by atoms with Gasteiger partial charge in [0.1, 0.15) is 24.7 Å². The molecule has 0 aromatic heterocycles. The topological polar surface area (TPSA) is 79.9 Å². The van der Waals surface area contributed by atoms with Crippen LogP contribution in [0.2, 0.25) is 0 Å². The van der Waals surface area contributed by atoms with Gasteiger partial charge in [-0.1, -0.05) is 32.9 Å². The third-order valence-electron chi connectivity index (χ3n) is 4.84. The number of carbonyl (C=O) groups excluding carboxylic acids is 2. The SMILES string of the molecule is Cc1cccc(OCCNC(=O)CNc2ccc3c(c2)N(C(=O)C(C)(C)C)CCO3)c1. The molecule has 0 atom stereocenters. The average Bonchev–Trinajstić information content (AvgIpc) is 2.73. The summed E-state index contributed by atoms with van der Waals surface area (Å²) in [5, 5.41) is 5.94. The Morgan fingerprint density at radius 2 is 1.97 bits per heavy atom. The molecular formula is C24H31N3O4. The molecule has 3 rings (SSSR count). The van der Waals surface area contributed by atoms with Crippen LogP contribution >= 0.6 is 0 Å². The van der Waals surface area contributed by atoms with Gasteiger partial charge in [0.2, 0.25) is 11.8 Å². The third kappa shape index (κ3) is 6.13. The van der Waals surface area contributed by atoms with E-state index in [1.165, 1.54) is 0 Å². The standard InChI is InChI=1S/C24H31N3O4/c1-17-6-5-7-19(14-17)30-12-10-25-22(28)16-26-18-8-9-21-20(15-18)27(11-13-31-21)23(29)24(2,3)4/h5-9,14-15,26H,10-13,16H2,1-4H3,(H,25,28). The first-order chi connectivity index (χ1) is 14.7. The highest BCUT2D eigenvalue weighted by atomic mass is 16.5. The number of amides is 2. The van der Waals surface area contributed by atoms with Crippen molar-refractivity contribution in [1.29, 1.82) is 0 Å². The summed E-state index contributed by atoms with van der Waals surface area (Å²) in [6.07, 6.45) is 0. The second-order valence-corrected chi connectivity index (χ2v) is 8.61. The number of hydrogen-bond acceptors (Lipinski definition) is 5. The van der Waals surface area contributed by atoms with Crippen molar-refractivity contribution in [3.8, 4) is 11.5 Å². The van der Waals surface area contributed by atoms with Crippen molar-refractivity contribution in [2.45, 2.75) is 27.7 Å². The third-order valence-corrected chi connectivity index (χ3v) is 4.84. The van der Waals surface area contributed by atoms with Crippen molar-refractivity contribution in [2.75, 3.05) is 43.1 Å². The maximum Gasteiger partial charge on any atom is 0.239 e. The molecule has 2 aromatic rings. The molecule has 0 unspecified atom stereocenters. The van der Waals surface area contributed by atoms with Gasteiger partial charge in [-0.25, -0.2) is 0 Å². The van der Waals surface area contributed by atoms with E-state index in [1.54, 1.807) is 4.90 Å². The van der Waals surface area contributed by atoms with Gasteiger partial charge in [-0.3, -0.25) is 9.59 Å².